The zero-order chi connectivity index (χ0) is 24.5. The van der Waals surface area contributed by atoms with E-state index >= 15 is 0 Å². The van der Waals surface area contributed by atoms with Crippen LogP contribution in [0, 0.1) is 11.8 Å². The molecule has 0 radical (unpaired) electrons. The number of benzene rings is 2. The van der Waals surface area contributed by atoms with Crippen molar-refractivity contribution in [2.75, 3.05) is 6.67 Å². The Balaban J connectivity index is 0.00000141. The molecule has 0 amide bonds. The average molecular weight is 479 g/mol. The molecule has 0 saturated heterocycles. The van der Waals surface area contributed by atoms with Gasteiger partial charge in [-0.05, 0) is 90.5 Å². The number of pyridine rings is 1. The Kier molecular flexibility index (Phi) is 9.10. The summed E-state index contributed by atoms with van der Waals surface area (Å²) < 4.78 is 28.4. The fourth-order valence-corrected chi connectivity index (χ4v) is 5.56. The summed E-state index contributed by atoms with van der Waals surface area (Å²) in [7, 11) is 0. The third-order valence-corrected chi connectivity index (χ3v) is 7.36. The first kappa shape index (κ1) is 25.2. The first-order valence-corrected chi connectivity index (χ1v) is 12.7. The Labute approximate surface area is 206 Å². The lowest BCUT2D eigenvalue weighted by Crippen LogP contribution is -2.16. The highest BCUT2D eigenvalue weighted by Gasteiger charge is 2.21. The Bertz CT molecular complexity index is 1110. The van der Waals surface area contributed by atoms with E-state index in [9.17, 15) is 4.39 Å². The normalized spacial score (nSPS) is 18.9. The van der Waals surface area contributed by atoms with Gasteiger partial charge in [-0.2, -0.15) is 0 Å². The lowest BCUT2D eigenvalue weighted by molar-refractivity contribution is 0.108. The molecule has 5 rings (SSSR count). The average Bonchev–Trinajstić information content (AvgIpc) is 3.31. The summed E-state index contributed by atoms with van der Waals surface area (Å²) in [5, 5.41) is 0. The molecular weight excluding hydrogens is 445 g/mol. The van der Waals surface area contributed by atoms with Crippen molar-refractivity contribution in [2.45, 2.75) is 57.8 Å². The molecule has 1 saturated carbocycles. The van der Waals surface area contributed by atoms with Crippen LogP contribution in [0.15, 0.2) is 71.9 Å². The Morgan fingerprint density at radius 3 is 2.37 bits per heavy atom. The van der Waals surface area contributed by atoms with Gasteiger partial charge in [0.2, 0.25) is 0 Å². The minimum absolute atomic E-state index is 0.162. The summed E-state index contributed by atoms with van der Waals surface area (Å²) in [5.74, 6) is 1.50. The molecule has 0 spiro atoms. The standard InChI is InChI=1S/C30H33FN2.F2/c31-15-4-5-22-8-10-23(11-9-22)17-24-14-16-32-28(18-24)21-29-20-27-19-26(12-13-30(27)33-29)25-6-2-1-3-7-25;1-2/h1-3,6-7,12-14,16,18-19,22-23H,4-5,8-11,15,17,20-21H2;. The molecule has 35 heavy (non-hydrogen) atoms. The quantitative estimate of drug-likeness (QED) is 0.318. The molecule has 0 unspecified atom stereocenters. The maximum atomic E-state index is 12.4. The fraction of sp³-hybridized carbons (Fsp3) is 0.400. The van der Waals surface area contributed by atoms with Crippen molar-refractivity contribution >= 4 is 11.4 Å². The molecule has 1 fully saturated rings. The van der Waals surface area contributed by atoms with E-state index in [1.165, 1.54) is 53.6 Å². The van der Waals surface area contributed by atoms with Gasteiger partial charge in [0, 0.05) is 39.6 Å². The number of aliphatic imine (C=N–C) groups is 1. The van der Waals surface area contributed by atoms with Gasteiger partial charge in [0.05, 0.1) is 12.4 Å². The van der Waals surface area contributed by atoms with Crippen LogP contribution in [-0.2, 0) is 19.3 Å². The van der Waals surface area contributed by atoms with Crippen LogP contribution in [0.25, 0.3) is 11.1 Å². The number of nitrogens with zero attached hydrogens (tertiary/aromatic N) is 2. The Hall–Kier alpha value is -2.95. The third kappa shape index (κ3) is 6.81. The van der Waals surface area contributed by atoms with E-state index < -0.39 is 0 Å². The minimum atomic E-state index is -0.162. The van der Waals surface area contributed by atoms with Crippen LogP contribution in [-0.4, -0.2) is 17.4 Å². The van der Waals surface area contributed by atoms with Gasteiger partial charge in [0.25, 0.3) is 0 Å². The van der Waals surface area contributed by atoms with Gasteiger partial charge in [0.1, 0.15) is 0 Å². The van der Waals surface area contributed by atoms with Crippen LogP contribution in [0.5, 0.6) is 0 Å². The van der Waals surface area contributed by atoms with E-state index in [-0.39, 0.29) is 6.67 Å². The van der Waals surface area contributed by atoms with Crippen LogP contribution in [0.4, 0.5) is 19.2 Å². The zero-order valence-corrected chi connectivity index (χ0v) is 20.1. The predicted molar refractivity (Wildman–Crippen MR) is 137 cm³/mol. The molecule has 0 atom stereocenters. The van der Waals surface area contributed by atoms with Crippen molar-refractivity contribution in [2.24, 2.45) is 16.8 Å². The number of halogens is 3. The van der Waals surface area contributed by atoms with E-state index in [2.05, 4.69) is 65.6 Å². The van der Waals surface area contributed by atoms with Crippen molar-refractivity contribution in [3.05, 3.63) is 83.7 Å². The van der Waals surface area contributed by atoms with E-state index in [0.717, 1.165) is 55.3 Å². The molecule has 3 aromatic rings. The molecule has 2 heterocycles. The maximum Gasteiger partial charge on any atom is 0.0894 e. The topological polar surface area (TPSA) is 25.2 Å². The highest BCUT2D eigenvalue weighted by atomic mass is 20.0. The van der Waals surface area contributed by atoms with Gasteiger partial charge in [-0.1, -0.05) is 49.2 Å². The van der Waals surface area contributed by atoms with Crippen LogP contribution < -0.4 is 0 Å². The molecule has 1 aromatic heterocycles. The second-order valence-electron chi connectivity index (χ2n) is 9.82. The van der Waals surface area contributed by atoms with Crippen molar-refractivity contribution in [1.29, 1.82) is 0 Å². The molecule has 184 valence electrons. The molecule has 0 bridgehead atoms. The maximum absolute atomic E-state index is 12.4. The number of alkyl halides is 1. The number of rotatable bonds is 8. The minimum Gasteiger partial charge on any atom is -0.261 e. The van der Waals surface area contributed by atoms with Crippen molar-refractivity contribution in [3.8, 4) is 11.1 Å². The van der Waals surface area contributed by atoms with E-state index in [1.807, 2.05) is 6.20 Å². The van der Waals surface area contributed by atoms with E-state index in [0.29, 0.717) is 0 Å². The zero-order valence-electron chi connectivity index (χ0n) is 20.1. The molecular formula is C30H33F3N2. The first-order chi connectivity index (χ1) is 17.3. The highest BCUT2D eigenvalue weighted by Crippen LogP contribution is 2.34. The first-order valence-electron chi connectivity index (χ1n) is 12.7. The van der Waals surface area contributed by atoms with Gasteiger partial charge in [-0.25, -0.2) is 0 Å². The smallest absolute Gasteiger partial charge is 0.0894 e. The summed E-state index contributed by atoms with van der Waals surface area (Å²) in [5.41, 5.74) is 8.64. The monoisotopic (exact) mass is 478 g/mol. The highest BCUT2D eigenvalue weighted by molar-refractivity contribution is 5.95. The van der Waals surface area contributed by atoms with Crippen LogP contribution in [0.2, 0.25) is 0 Å². The molecule has 2 aromatic carbocycles. The second kappa shape index (κ2) is 12.7. The van der Waals surface area contributed by atoms with E-state index in [1.54, 1.807) is 0 Å². The van der Waals surface area contributed by atoms with Gasteiger partial charge < -0.3 is 0 Å². The number of hydrogen-bond donors (Lipinski definition) is 0. The molecule has 1 aliphatic heterocycles. The van der Waals surface area contributed by atoms with Gasteiger partial charge in [-0.15, -0.1) is 0 Å². The summed E-state index contributed by atoms with van der Waals surface area (Å²) in [6, 6.07) is 21.6. The Morgan fingerprint density at radius 1 is 0.829 bits per heavy atom. The number of aromatic nitrogens is 1. The van der Waals surface area contributed by atoms with Crippen LogP contribution >= 0.6 is 0 Å². The van der Waals surface area contributed by atoms with Crippen molar-refractivity contribution in [3.63, 3.8) is 0 Å². The number of hydrogen-bond acceptors (Lipinski definition) is 2. The molecule has 5 heteroatoms. The second-order valence-corrected chi connectivity index (χ2v) is 9.82. The lowest BCUT2D eigenvalue weighted by Gasteiger charge is -2.28. The van der Waals surface area contributed by atoms with Gasteiger partial charge in [-0.3, -0.25) is 14.4 Å². The van der Waals surface area contributed by atoms with Crippen molar-refractivity contribution < 1.29 is 13.5 Å². The van der Waals surface area contributed by atoms with Crippen LogP contribution in [0.3, 0.4) is 0 Å². The molecule has 0 N–H and O–H groups in total. The lowest BCUT2D eigenvalue weighted by atomic mass is 9.78. The van der Waals surface area contributed by atoms with Gasteiger partial charge in [0.15, 0.2) is 0 Å². The van der Waals surface area contributed by atoms with E-state index in [4.69, 9.17) is 14.1 Å². The summed E-state index contributed by atoms with van der Waals surface area (Å²) in [6.45, 7) is -0.162. The summed E-state index contributed by atoms with van der Waals surface area (Å²) >= 11 is 0. The molecule has 2 nitrogen and oxygen atoms in total. The number of fused-ring (bicyclic) bond motifs is 1. The molecule has 2 aliphatic rings. The van der Waals surface area contributed by atoms with Crippen LogP contribution in [0.1, 0.15) is 55.3 Å². The third-order valence-electron chi connectivity index (χ3n) is 7.36. The summed E-state index contributed by atoms with van der Waals surface area (Å²) in [4.78, 5) is 9.56. The SMILES string of the molecule is FCCCC1CCC(Cc2ccnc(CC3=Nc4ccc(-c5ccccc5)cc4C3)c2)CC1.FF. The fourth-order valence-electron chi connectivity index (χ4n) is 5.56. The molecule has 1 aliphatic carbocycles. The van der Waals surface area contributed by atoms with Crippen molar-refractivity contribution in [1.82, 2.24) is 4.98 Å². The predicted octanol–water partition coefficient (Wildman–Crippen LogP) is 8.56. The largest absolute Gasteiger partial charge is 0.261 e. The summed E-state index contributed by atoms with van der Waals surface area (Å²) in [6.07, 6.45) is 11.7. The van der Waals surface area contributed by atoms with Gasteiger partial charge >= 0.3 is 0 Å². The Morgan fingerprint density at radius 2 is 1.60 bits per heavy atom.